The summed E-state index contributed by atoms with van der Waals surface area (Å²) in [5, 5.41) is 9.77. The van der Waals surface area contributed by atoms with Crippen molar-refractivity contribution < 1.29 is 4.74 Å². The maximum atomic E-state index is 5.93. The van der Waals surface area contributed by atoms with Crippen molar-refractivity contribution in [2.45, 2.75) is 46.1 Å². The molecule has 6 heteroatoms. The normalized spacial score (nSPS) is 11.9. The van der Waals surface area contributed by atoms with Gasteiger partial charge in [-0.25, -0.2) is 4.98 Å². The summed E-state index contributed by atoms with van der Waals surface area (Å²) >= 11 is 1.68. The lowest BCUT2D eigenvalue weighted by Gasteiger charge is -2.15. The van der Waals surface area contributed by atoms with Crippen molar-refractivity contribution in [3.63, 3.8) is 0 Å². The zero-order chi connectivity index (χ0) is 18.9. The Balaban J connectivity index is 1.75. The van der Waals surface area contributed by atoms with Gasteiger partial charge in [0.2, 0.25) is 0 Å². The molecule has 26 heavy (non-hydrogen) atoms. The highest BCUT2D eigenvalue weighted by molar-refractivity contribution is 7.09. The van der Waals surface area contributed by atoms with Gasteiger partial charge in [0.1, 0.15) is 17.4 Å². The van der Waals surface area contributed by atoms with E-state index >= 15 is 0 Å². The Bertz CT molecular complexity index is 709. The number of nitrogens with zero attached hydrogens (tertiary/aromatic N) is 2. The van der Waals surface area contributed by atoms with Gasteiger partial charge in [-0.2, -0.15) is 0 Å². The summed E-state index contributed by atoms with van der Waals surface area (Å²) in [6.07, 6.45) is 0. The summed E-state index contributed by atoms with van der Waals surface area (Å²) in [5.74, 6) is 2.62. The number of aliphatic imine (C=N–C) groups is 1. The molecule has 0 unspecified atom stereocenters. The highest BCUT2D eigenvalue weighted by Gasteiger charge is 2.08. The topological polar surface area (TPSA) is 58.5 Å². The molecule has 5 nitrogen and oxygen atoms in total. The summed E-state index contributed by atoms with van der Waals surface area (Å²) < 4.78 is 5.93. The zero-order valence-corrected chi connectivity index (χ0v) is 17.2. The smallest absolute Gasteiger partial charge is 0.191 e. The first-order valence-corrected chi connectivity index (χ1v) is 9.99. The fourth-order valence-electron chi connectivity index (χ4n) is 2.47. The molecule has 2 N–H and O–H groups in total. The van der Waals surface area contributed by atoms with E-state index < -0.39 is 0 Å². The largest absolute Gasteiger partial charge is 0.491 e. The van der Waals surface area contributed by atoms with Crippen LogP contribution in [0, 0.1) is 0 Å². The van der Waals surface area contributed by atoms with Crippen LogP contribution in [0.5, 0.6) is 5.75 Å². The molecule has 0 radical (unpaired) electrons. The summed E-state index contributed by atoms with van der Waals surface area (Å²) in [6, 6.07) is 8.20. The Hall–Kier alpha value is -2.08. The number of ether oxygens (including phenoxy) is 1. The van der Waals surface area contributed by atoms with Gasteiger partial charge in [0.05, 0.1) is 18.8 Å². The molecular formula is C20H30N4OS. The van der Waals surface area contributed by atoms with Gasteiger partial charge >= 0.3 is 0 Å². The van der Waals surface area contributed by atoms with Crippen molar-refractivity contribution >= 4 is 17.3 Å². The van der Waals surface area contributed by atoms with Crippen molar-refractivity contribution in [3.05, 3.63) is 45.9 Å². The van der Waals surface area contributed by atoms with E-state index in [1.54, 1.807) is 18.4 Å². The molecular weight excluding hydrogens is 344 g/mol. The molecule has 2 aromatic rings. The minimum atomic E-state index is 0.447. The fraction of sp³-hybridized carbons (Fsp3) is 0.500. The summed E-state index contributed by atoms with van der Waals surface area (Å²) in [4.78, 5) is 8.88. The lowest BCUT2D eigenvalue weighted by atomic mass is 10.0. The Morgan fingerprint density at radius 3 is 2.58 bits per heavy atom. The highest BCUT2D eigenvalue weighted by Crippen LogP contribution is 2.25. The van der Waals surface area contributed by atoms with Gasteiger partial charge < -0.3 is 15.4 Å². The second-order valence-electron chi connectivity index (χ2n) is 6.71. The summed E-state index contributed by atoms with van der Waals surface area (Å²) in [7, 11) is 1.77. The molecule has 2 rings (SSSR count). The van der Waals surface area contributed by atoms with Crippen LogP contribution in [-0.2, 0) is 6.54 Å². The van der Waals surface area contributed by atoms with Crippen LogP contribution in [0.25, 0.3) is 0 Å². The first-order valence-electron chi connectivity index (χ1n) is 9.11. The lowest BCUT2D eigenvalue weighted by Crippen LogP contribution is -2.38. The van der Waals surface area contributed by atoms with Crippen molar-refractivity contribution in [1.82, 2.24) is 15.6 Å². The molecule has 0 saturated heterocycles. The third kappa shape index (κ3) is 6.02. The lowest BCUT2D eigenvalue weighted by molar-refractivity contribution is 0.317. The van der Waals surface area contributed by atoms with E-state index in [0.29, 0.717) is 31.5 Å². The molecule has 0 fully saturated rings. The Morgan fingerprint density at radius 2 is 1.92 bits per heavy atom. The molecule has 0 bridgehead atoms. The summed E-state index contributed by atoms with van der Waals surface area (Å²) in [5.41, 5.74) is 2.38. The van der Waals surface area contributed by atoms with Crippen molar-refractivity contribution in [1.29, 1.82) is 0 Å². The molecule has 0 spiro atoms. The third-order valence-electron chi connectivity index (χ3n) is 3.98. The molecule has 142 valence electrons. The SMILES string of the molecule is CN=C(NCCOc1ccccc1C(C)C)NCc1nc(C(C)C)cs1. The van der Waals surface area contributed by atoms with Crippen LogP contribution in [0.2, 0.25) is 0 Å². The standard InChI is InChI=1S/C20H30N4OS/c1-14(2)16-8-6-7-9-18(16)25-11-10-22-20(21-5)23-12-19-24-17(13-26-19)15(3)4/h6-9,13-15H,10-12H2,1-5H3,(H2,21,22,23). The van der Waals surface area contributed by atoms with Crippen molar-refractivity contribution in [3.8, 4) is 5.75 Å². The monoisotopic (exact) mass is 374 g/mol. The number of rotatable bonds is 8. The maximum absolute atomic E-state index is 5.93. The number of aromatic nitrogens is 1. The Labute approximate surface area is 160 Å². The molecule has 1 aromatic carbocycles. The first-order chi connectivity index (χ1) is 12.5. The van der Waals surface area contributed by atoms with Crippen molar-refractivity contribution in [2.75, 3.05) is 20.2 Å². The second kappa shape index (κ2) is 10.2. The van der Waals surface area contributed by atoms with Gasteiger partial charge in [0, 0.05) is 12.4 Å². The number of thiazole rings is 1. The molecule has 0 aliphatic heterocycles. The van der Waals surface area contributed by atoms with Crippen LogP contribution < -0.4 is 15.4 Å². The molecule has 0 saturated carbocycles. The van der Waals surface area contributed by atoms with E-state index in [4.69, 9.17) is 4.74 Å². The van der Waals surface area contributed by atoms with Crippen LogP contribution in [0.1, 0.15) is 55.8 Å². The summed E-state index contributed by atoms with van der Waals surface area (Å²) in [6.45, 7) is 10.6. The van der Waals surface area contributed by atoms with E-state index in [1.165, 1.54) is 5.56 Å². The second-order valence-corrected chi connectivity index (χ2v) is 7.66. The predicted molar refractivity (Wildman–Crippen MR) is 110 cm³/mol. The predicted octanol–water partition coefficient (Wildman–Crippen LogP) is 4.13. The molecule has 0 aliphatic rings. The highest BCUT2D eigenvalue weighted by atomic mass is 32.1. The molecule has 0 amide bonds. The van der Waals surface area contributed by atoms with Crippen LogP contribution in [-0.4, -0.2) is 31.1 Å². The first kappa shape index (κ1) is 20.2. The van der Waals surface area contributed by atoms with Gasteiger partial charge in [-0.1, -0.05) is 45.9 Å². The molecule has 1 aromatic heterocycles. The van der Waals surface area contributed by atoms with E-state index in [2.05, 4.69) is 65.8 Å². The van der Waals surface area contributed by atoms with E-state index in [9.17, 15) is 0 Å². The van der Waals surface area contributed by atoms with Crippen LogP contribution in [0.15, 0.2) is 34.6 Å². The molecule has 0 aliphatic carbocycles. The Kier molecular flexibility index (Phi) is 7.91. The van der Waals surface area contributed by atoms with Gasteiger partial charge in [-0.05, 0) is 23.5 Å². The minimum Gasteiger partial charge on any atom is -0.491 e. The van der Waals surface area contributed by atoms with Gasteiger partial charge in [-0.3, -0.25) is 4.99 Å². The molecule has 0 atom stereocenters. The number of hydrogen-bond donors (Lipinski definition) is 2. The van der Waals surface area contributed by atoms with Crippen LogP contribution in [0.4, 0.5) is 0 Å². The average Bonchev–Trinajstić information content (AvgIpc) is 3.10. The third-order valence-corrected chi connectivity index (χ3v) is 4.85. The maximum Gasteiger partial charge on any atom is 0.191 e. The minimum absolute atomic E-state index is 0.447. The number of para-hydroxylation sites is 1. The number of hydrogen-bond acceptors (Lipinski definition) is 4. The average molecular weight is 375 g/mol. The van der Waals surface area contributed by atoms with E-state index in [1.807, 2.05) is 12.1 Å². The van der Waals surface area contributed by atoms with Gasteiger partial charge in [0.15, 0.2) is 5.96 Å². The number of benzene rings is 1. The van der Waals surface area contributed by atoms with Crippen LogP contribution in [0.3, 0.4) is 0 Å². The van der Waals surface area contributed by atoms with Crippen molar-refractivity contribution in [2.24, 2.45) is 4.99 Å². The quantitative estimate of drug-likeness (QED) is 0.414. The fourth-order valence-corrected chi connectivity index (χ4v) is 3.37. The van der Waals surface area contributed by atoms with Gasteiger partial charge in [0.25, 0.3) is 0 Å². The zero-order valence-electron chi connectivity index (χ0n) is 16.4. The number of nitrogens with one attached hydrogen (secondary N) is 2. The molecule has 1 heterocycles. The van der Waals surface area contributed by atoms with Crippen LogP contribution >= 0.6 is 11.3 Å². The Morgan fingerprint density at radius 1 is 1.15 bits per heavy atom. The number of guanidine groups is 1. The van der Waals surface area contributed by atoms with Gasteiger partial charge in [-0.15, -0.1) is 11.3 Å². The van der Waals surface area contributed by atoms with E-state index in [-0.39, 0.29) is 0 Å². The van der Waals surface area contributed by atoms with E-state index in [0.717, 1.165) is 22.4 Å².